The molecular formula is C22H29N3O8P+. The average Bonchev–Trinajstić information content (AvgIpc) is 3.31. The van der Waals surface area contributed by atoms with Crippen molar-refractivity contribution in [2.75, 3.05) is 13.2 Å². The molecule has 12 heteroatoms. The summed E-state index contributed by atoms with van der Waals surface area (Å²) in [6.45, 7) is 3.58. The Hall–Kier alpha value is -2.24. The number of allylic oxidation sites excluding steroid dienone is 1. The molecule has 1 amide bonds. The van der Waals surface area contributed by atoms with Crippen molar-refractivity contribution in [3.05, 3.63) is 54.1 Å². The van der Waals surface area contributed by atoms with E-state index in [1.165, 1.54) is 0 Å². The van der Waals surface area contributed by atoms with E-state index in [0.717, 1.165) is 0 Å². The molecular weight excluding hydrogens is 465 g/mol. The van der Waals surface area contributed by atoms with Crippen LogP contribution in [0.1, 0.15) is 38.4 Å². The minimum Gasteiger partial charge on any atom is -0.388 e. The van der Waals surface area contributed by atoms with Gasteiger partial charge in [-0.25, -0.2) is 0 Å². The molecule has 1 aromatic rings. The number of pyridine rings is 1. The minimum atomic E-state index is -2.44. The van der Waals surface area contributed by atoms with E-state index in [2.05, 4.69) is 4.98 Å². The molecule has 3 aliphatic heterocycles. The maximum absolute atomic E-state index is 12.2. The van der Waals surface area contributed by atoms with Crippen molar-refractivity contribution in [3.8, 4) is 0 Å². The van der Waals surface area contributed by atoms with Gasteiger partial charge < -0.3 is 30.0 Å². The molecule has 4 rings (SSSR count). The largest absolute Gasteiger partial charge is 0.697 e. The normalized spacial score (nSPS) is 29.0. The summed E-state index contributed by atoms with van der Waals surface area (Å²) in [4.78, 5) is 17.3. The van der Waals surface area contributed by atoms with Gasteiger partial charge in [0.15, 0.2) is 12.0 Å². The van der Waals surface area contributed by atoms with Gasteiger partial charge in [0.05, 0.1) is 6.10 Å². The molecule has 0 spiro atoms. The summed E-state index contributed by atoms with van der Waals surface area (Å²) < 4.78 is 41.0. The number of primary amides is 1. The Morgan fingerprint density at radius 1 is 1.38 bits per heavy atom. The first kappa shape index (κ1) is 24.9. The number of carbonyl (C=O) groups excluding carboxylic acids is 1. The summed E-state index contributed by atoms with van der Waals surface area (Å²) in [5.74, 6) is -1.34. The fourth-order valence-electron chi connectivity index (χ4n) is 4.08. The van der Waals surface area contributed by atoms with Gasteiger partial charge in [-0.15, -0.1) is 9.05 Å². The van der Waals surface area contributed by atoms with Crippen LogP contribution >= 0.6 is 8.25 Å². The van der Waals surface area contributed by atoms with E-state index in [9.17, 15) is 14.5 Å². The number of rotatable bonds is 10. The van der Waals surface area contributed by atoms with E-state index < -0.39 is 50.6 Å². The zero-order valence-electron chi connectivity index (χ0n) is 19.0. The number of amides is 1. The molecule has 6 atom stereocenters. The lowest BCUT2D eigenvalue weighted by molar-refractivity contribution is -0.201. The van der Waals surface area contributed by atoms with Crippen LogP contribution in [0.2, 0.25) is 0 Å². The van der Waals surface area contributed by atoms with Gasteiger partial charge in [0, 0.05) is 41.4 Å². The predicted molar refractivity (Wildman–Crippen MR) is 119 cm³/mol. The highest BCUT2D eigenvalue weighted by Crippen LogP contribution is 2.41. The molecule has 2 saturated heterocycles. The average molecular weight is 494 g/mol. The molecule has 184 valence electrons. The van der Waals surface area contributed by atoms with Gasteiger partial charge in [-0.2, -0.15) is 0 Å². The van der Waals surface area contributed by atoms with E-state index >= 15 is 0 Å². The Kier molecular flexibility index (Phi) is 7.73. The molecule has 0 radical (unpaired) electrons. The molecule has 0 aromatic carbocycles. The topological polar surface area (TPSA) is 143 Å². The van der Waals surface area contributed by atoms with Gasteiger partial charge in [-0.3, -0.25) is 9.78 Å². The Morgan fingerprint density at radius 3 is 2.91 bits per heavy atom. The van der Waals surface area contributed by atoms with Crippen LogP contribution in [0.15, 0.2) is 48.6 Å². The molecule has 0 aliphatic carbocycles. The van der Waals surface area contributed by atoms with Gasteiger partial charge in [0.2, 0.25) is 5.91 Å². The molecule has 34 heavy (non-hydrogen) atoms. The van der Waals surface area contributed by atoms with Gasteiger partial charge in [-0.1, -0.05) is 12.1 Å². The van der Waals surface area contributed by atoms with Gasteiger partial charge in [-0.05, 0) is 31.9 Å². The minimum absolute atomic E-state index is 0.0391. The third-order valence-corrected chi connectivity index (χ3v) is 6.41. The lowest BCUT2D eigenvalue weighted by atomic mass is 10.1. The first-order valence-electron chi connectivity index (χ1n) is 11.0. The highest BCUT2D eigenvalue weighted by Gasteiger charge is 2.57. The van der Waals surface area contributed by atoms with Crippen LogP contribution in [0.5, 0.6) is 0 Å². The Labute approximate surface area is 198 Å². The number of aliphatic hydroxyl groups is 1. The van der Waals surface area contributed by atoms with E-state index in [0.29, 0.717) is 17.6 Å². The lowest BCUT2D eigenvalue weighted by Crippen LogP contribution is -2.40. The van der Waals surface area contributed by atoms with Gasteiger partial charge in [0.25, 0.3) is 0 Å². The summed E-state index contributed by atoms with van der Waals surface area (Å²) in [5.41, 5.74) is 6.53. The molecule has 11 nitrogen and oxygen atoms in total. The number of nitrogens with two attached hydrogens (primary N) is 1. The van der Waals surface area contributed by atoms with Crippen molar-refractivity contribution in [2.24, 2.45) is 5.73 Å². The number of carbonyl (C=O) groups is 1. The Morgan fingerprint density at radius 2 is 2.18 bits per heavy atom. The van der Waals surface area contributed by atoms with Crippen LogP contribution in [0, 0.1) is 0 Å². The van der Waals surface area contributed by atoms with Crippen molar-refractivity contribution in [2.45, 2.75) is 63.1 Å². The first-order chi connectivity index (χ1) is 16.2. The Balaban J connectivity index is 1.31. The number of aliphatic hydroxyl groups excluding tert-OH is 1. The number of hydrogen-bond donors (Lipinski definition) is 2. The maximum Gasteiger partial charge on any atom is 0.697 e. The van der Waals surface area contributed by atoms with Gasteiger partial charge >= 0.3 is 8.25 Å². The number of nitrogens with zero attached hydrogens (tertiary/aromatic N) is 2. The highest BCUT2D eigenvalue weighted by molar-refractivity contribution is 7.33. The standard InChI is InChI=1S/C22H28N3O8P/c1-22(2)32-18-17(13-30-34(28)29-10-7-16(26)14-5-3-8-24-11-14)31-21(19(18)33-22)25-9-4-6-15(12-25)20(23)27/h3-5,8-9,11-12,16-19,21,26H,6-7,10,13H2,1-2H3,(H-,23,27)/p+1/t16?,17?,18-,19-,21-/m1/s1. The first-order valence-corrected chi connectivity index (χ1v) is 12.1. The monoisotopic (exact) mass is 494 g/mol. The van der Waals surface area contributed by atoms with Crippen LogP contribution in [0.3, 0.4) is 0 Å². The fraction of sp³-hybridized carbons (Fsp3) is 0.545. The summed E-state index contributed by atoms with van der Waals surface area (Å²) in [6.07, 6.45) is 6.22. The molecule has 3 unspecified atom stereocenters. The van der Waals surface area contributed by atoms with Crippen LogP contribution in [0.25, 0.3) is 0 Å². The van der Waals surface area contributed by atoms with Crippen LogP contribution in [0.4, 0.5) is 0 Å². The van der Waals surface area contributed by atoms with Crippen molar-refractivity contribution in [1.82, 2.24) is 9.88 Å². The van der Waals surface area contributed by atoms with Crippen molar-refractivity contribution in [1.29, 1.82) is 0 Å². The third-order valence-electron chi connectivity index (χ3n) is 5.66. The number of fused-ring (bicyclic) bond motifs is 1. The van der Waals surface area contributed by atoms with E-state index in [4.69, 9.17) is 29.0 Å². The lowest BCUT2D eigenvalue weighted by Gasteiger charge is -2.31. The van der Waals surface area contributed by atoms with E-state index in [1.54, 1.807) is 55.7 Å². The quantitative estimate of drug-likeness (QED) is 0.464. The molecule has 0 bridgehead atoms. The second-order valence-electron chi connectivity index (χ2n) is 8.63. The van der Waals surface area contributed by atoms with Crippen LogP contribution in [-0.2, 0) is 32.6 Å². The molecule has 3 N–H and O–H groups in total. The molecule has 0 saturated carbocycles. The number of ether oxygens (including phenoxy) is 3. The summed E-state index contributed by atoms with van der Waals surface area (Å²) in [7, 11) is -2.44. The highest BCUT2D eigenvalue weighted by atomic mass is 31.1. The zero-order valence-corrected chi connectivity index (χ0v) is 19.9. The third kappa shape index (κ3) is 5.87. The number of hydrogen-bond acceptors (Lipinski definition) is 10. The van der Waals surface area contributed by atoms with Crippen molar-refractivity contribution in [3.63, 3.8) is 0 Å². The smallest absolute Gasteiger partial charge is 0.388 e. The molecule has 1 aromatic heterocycles. The van der Waals surface area contributed by atoms with Crippen molar-refractivity contribution < 1.29 is 37.7 Å². The summed E-state index contributed by atoms with van der Waals surface area (Å²) in [6, 6.07) is 3.48. The van der Waals surface area contributed by atoms with Gasteiger partial charge in [0.1, 0.15) is 31.5 Å². The second kappa shape index (κ2) is 10.6. The second-order valence-corrected chi connectivity index (χ2v) is 9.59. The molecule has 2 fully saturated rings. The maximum atomic E-state index is 12.2. The molecule has 4 heterocycles. The summed E-state index contributed by atoms with van der Waals surface area (Å²) in [5, 5.41) is 10.1. The van der Waals surface area contributed by atoms with E-state index in [1.807, 2.05) is 6.08 Å². The Bertz CT molecular complexity index is 957. The number of aromatic nitrogens is 1. The van der Waals surface area contributed by atoms with E-state index in [-0.39, 0.29) is 19.6 Å². The fourth-order valence-corrected chi connectivity index (χ4v) is 4.68. The zero-order chi connectivity index (χ0) is 24.3. The molecule has 3 aliphatic rings. The van der Waals surface area contributed by atoms with Crippen LogP contribution in [-0.4, -0.2) is 64.4 Å². The SMILES string of the molecule is CC1(C)O[C@@H]2[C@H](O1)C(CO[P+](=O)OCCC(O)c1cccnc1)O[C@H]2N1C=CCC(C(N)=O)=C1. The summed E-state index contributed by atoms with van der Waals surface area (Å²) >= 11 is 0. The predicted octanol–water partition coefficient (Wildman–Crippen LogP) is 2.03. The van der Waals surface area contributed by atoms with Crippen molar-refractivity contribution >= 4 is 14.2 Å². The van der Waals surface area contributed by atoms with Crippen LogP contribution < -0.4 is 5.73 Å².